The summed E-state index contributed by atoms with van der Waals surface area (Å²) in [5.74, 6) is 1.37. The second-order valence-corrected chi connectivity index (χ2v) is 6.64. The minimum absolute atomic E-state index is 0. The van der Waals surface area contributed by atoms with Crippen LogP contribution in [0, 0.1) is 5.92 Å². The summed E-state index contributed by atoms with van der Waals surface area (Å²) in [6.07, 6.45) is 2.37. The van der Waals surface area contributed by atoms with Gasteiger partial charge in [0.25, 0.3) is 0 Å². The third kappa shape index (κ3) is 3.03. The summed E-state index contributed by atoms with van der Waals surface area (Å²) in [5.41, 5.74) is 6.54. The Morgan fingerprint density at radius 2 is 1.28 bits per heavy atom. The molecule has 0 bridgehead atoms. The molecule has 1 atom stereocenters. The molecule has 0 aliphatic heterocycles. The molecular formula is C24H21Y-. The van der Waals surface area contributed by atoms with Gasteiger partial charge in [-0.05, 0) is 11.1 Å². The van der Waals surface area contributed by atoms with E-state index in [4.69, 9.17) is 0 Å². The molecule has 1 radical (unpaired) electrons. The normalized spacial score (nSPS) is 18.8. The molecule has 0 N–H and O–H groups in total. The van der Waals surface area contributed by atoms with E-state index in [-0.39, 0.29) is 38.1 Å². The summed E-state index contributed by atoms with van der Waals surface area (Å²) in [4.78, 5) is 0. The minimum Gasteiger partial charge on any atom is -0.144 e. The van der Waals surface area contributed by atoms with Crippen molar-refractivity contribution in [1.29, 1.82) is 0 Å². The van der Waals surface area contributed by atoms with Crippen molar-refractivity contribution >= 4 is 5.57 Å². The van der Waals surface area contributed by atoms with Gasteiger partial charge in [-0.1, -0.05) is 80.1 Å². The van der Waals surface area contributed by atoms with E-state index in [2.05, 4.69) is 105 Å². The average Bonchev–Trinajstić information content (AvgIpc) is 2.66. The van der Waals surface area contributed by atoms with E-state index in [9.17, 15) is 0 Å². The molecule has 0 nitrogen and oxygen atoms in total. The number of hydrogen-bond acceptors (Lipinski definition) is 0. The van der Waals surface area contributed by atoms with E-state index in [0.29, 0.717) is 0 Å². The molecule has 0 fully saturated rings. The first-order valence-electron chi connectivity index (χ1n) is 8.48. The fraction of sp³-hybridized carbons (Fsp3) is 0.125. The molecule has 3 aromatic carbocycles. The number of benzene rings is 3. The Labute approximate surface area is 175 Å². The van der Waals surface area contributed by atoms with E-state index in [1.165, 1.54) is 33.7 Å². The third-order valence-electron chi connectivity index (χ3n) is 5.23. The first kappa shape index (κ1) is 18.2. The van der Waals surface area contributed by atoms with E-state index in [1.54, 1.807) is 0 Å². The van der Waals surface area contributed by atoms with Crippen molar-refractivity contribution in [2.75, 3.05) is 0 Å². The van der Waals surface area contributed by atoms with Crippen molar-refractivity contribution < 1.29 is 32.7 Å². The van der Waals surface area contributed by atoms with Crippen LogP contribution < -0.4 is 0 Å². The van der Waals surface area contributed by atoms with Gasteiger partial charge >= 0.3 is 0 Å². The van der Waals surface area contributed by atoms with Crippen LogP contribution in [-0.2, 0) is 38.1 Å². The quantitative estimate of drug-likeness (QED) is 0.463. The van der Waals surface area contributed by atoms with Gasteiger partial charge in [-0.3, -0.25) is 0 Å². The van der Waals surface area contributed by atoms with Gasteiger partial charge in [0, 0.05) is 38.1 Å². The van der Waals surface area contributed by atoms with E-state index < -0.39 is 0 Å². The molecule has 4 rings (SSSR count). The molecule has 1 heteroatoms. The molecule has 1 aliphatic carbocycles. The van der Waals surface area contributed by atoms with Crippen molar-refractivity contribution in [2.24, 2.45) is 0 Å². The summed E-state index contributed by atoms with van der Waals surface area (Å²) >= 11 is 0. The number of allylic oxidation sites excluding steroid dienone is 2. The number of fused-ring (bicyclic) bond motifs is 1. The number of hydrogen-bond donors (Lipinski definition) is 0. The summed E-state index contributed by atoms with van der Waals surface area (Å²) in [6.45, 7) is 4.57. The fourth-order valence-electron chi connectivity index (χ4n) is 3.92. The molecule has 0 heterocycles. The SMILES string of the molecule is CC1=C[C-](c2ccccc2)C(C)(c2ccccc2)c2ccccc21.[Y]. The van der Waals surface area contributed by atoms with Crippen LogP contribution in [0.25, 0.3) is 5.57 Å². The maximum atomic E-state index is 2.37. The topological polar surface area (TPSA) is 0 Å². The van der Waals surface area contributed by atoms with Crippen molar-refractivity contribution in [3.8, 4) is 0 Å². The molecule has 0 amide bonds. The Hall–Kier alpha value is -1.63. The molecule has 0 aromatic heterocycles. The molecule has 1 unspecified atom stereocenters. The van der Waals surface area contributed by atoms with Crippen LogP contribution in [0.5, 0.6) is 0 Å². The molecule has 25 heavy (non-hydrogen) atoms. The van der Waals surface area contributed by atoms with Crippen LogP contribution in [0.3, 0.4) is 0 Å². The zero-order valence-electron chi connectivity index (χ0n) is 14.7. The van der Waals surface area contributed by atoms with Crippen molar-refractivity contribution in [2.45, 2.75) is 19.3 Å². The standard InChI is InChI=1S/C24H21.Y/c1-18-17-23(19-11-5-3-6-12-19)24(2,20-13-7-4-8-14-20)22-16-10-9-15-21(18)22;/h3-17H,1-2H3;/q-1;. The van der Waals surface area contributed by atoms with Gasteiger partial charge in [-0.2, -0.15) is 0 Å². The zero-order valence-corrected chi connectivity index (χ0v) is 17.6. The van der Waals surface area contributed by atoms with Gasteiger partial charge < -0.3 is 0 Å². The molecule has 3 aromatic rings. The van der Waals surface area contributed by atoms with Crippen molar-refractivity contribution in [3.63, 3.8) is 0 Å². The molecule has 121 valence electrons. The van der Waals surface area contributed by atoms with E-state index in [1.807, 2.05) is 0 Å². The van der Waals surface area contributed by atoms with Crippen LogP contribution >= 0.6 is 0 Å². The predicted octanol–water partition coefficient (Wildman–Crippen LogP) is 6.03. The summed E-state index contributed by atoms with van der Waals surface area (Å²) in [6, 6.07) is 30.4. The minimum atomic E-state index is -0.154. The Morgan fingerprint density at radius 1 is 0.720 bits per heavy atom. The predicted molar refractivity (Wildman–Crippen MR) is 102 cm³/mol. The van der Waals surface area contributed by atoms with Crippen LogP contribution in [0.4, 0.5) is 0 Å². The second kappa shape index (κ2) is 7.32. The molecule has 0 saturated heterocycles. The van der Waals surface area contributed by atoms with Gasteiger partial charge in [-0.25, -0.2) is 0 Å². The maximum Gasteiger partial charge on any atom is 0.00852 e. The molecular weight excluding hydrogens is 377 g/mol. The largest absolute Gasteiger partial charge is 0.144 e. The molecule has 0 spiro atoms. The fourth-order valence-corrected chi connectivity index (χ4v) is 3.92. The summed E-state index contributed by atoms with van der Waals surface area (Å²) in [7, 11) is 0. The molecule has 1 aliphatic rings. The Balaban J connectivity index is 0.00000182. The van der Waals surface area contributed by atoms with Crippen LogP contribution in [-0.4, -0.2) is 0 Å². The van der Waals surface area contributed by atoms with Gasteiger partial charge in [0.05, 0.1) is 0 Å². The van der Waals surface area contributed by atoms with Crippen LogP contribution in [0.1, 0.15) is 36.1 Å². The Morgan fingerprint density at radius 3 is 1.96 bits per heavy atom. The van der Waals surface area contributed by atoms with E-state index in [0.717, 1.165) is 0 Å². The number of rotatable bonds is 2. The van der Waals surface area contributed by atoms with Gasteiger partial charge in [-0.15, -0.1) is 47.4 Å². The van der Waals surface area contributed by atoms with Crippen LogP contribution in [0.15, 0.2) is 91.0 Å². The third-order valence-corrected chi connectivity index (χ3v) is 5.23. The first-order valence-corrected chi connectivity index (χ1v) is 8.48. The molecule has 0 saturated carbocycles. The van der Waals surface area contributed by atoms with Crippen molar-refractivity contribution in [3.05, 3.63) is 119 Å². The first-order chi connectivity index (χ1) is 11.7. The maximum absolute atomic E-state index is 2.37. The van der Waals surface area contributed by atoms with Gasteiger partial charge in [0.15, 0.2) is 0 Å². The Kier molecular flexibility index (Phi) is 5.32. The van der Waals surface area contributed by atoms with E-state index >= 15 is 0 Å². The summed E-state index contributed by atoms with van der Waals surface area (Å²) in [5, 5.41) is 0. The van der Waals surface area contributed by atoms with Crippen molar-refractivity contribution in [1.82, 2.24) is 0 Å². The smallest absolute Gasteiger partial charge is 0.00852 e. The van der Waals surface area contributed by atoms with Gasteiger partial charge in [0.2, 0.25) is 0 Å². The second-order valence-electron chi connectivity index (χ2n) is 6.64. The average molecular weight is 398 g/mol. The monoisotopic (exact) mass is 398 g/mol. The zero-order chi connectivity index (χ0) is 16.6. The van der Waals surface area contributed by atoms with Crippen LogP contribution in [0.2, 0.25) is 0 Å². The summed E-state index contributed by atoms with van der Waals surface area (Å²) < 4.78 is 0. The van der Waals surface area contributed by atoms with Gasteiger partial charge in [0.1, 0.15) is 0 Å². The Bertz CT molecular complexity index is 880.